The highest BCUT2D eigenvalue weighted by Crippen LogP contribution is 2.45. The molecule has 2 saturated carbocycles. The van der Waals surface area contributed by atoms with Crippen molar-refractivity contribution in [2.75, 3.05) is 6.61 Å². The van der Waals surface area contributed by atoms with E-state index in [-0.39, 0.29) is 29.5 Å². The molecule has 2 rings (SSSR count). The second-order valence-electron chi connectivity index (χ2n) is 6.83. The van der Waals surface area contributed by atoms with E-state index in [0.29, 0.717) is 5.92 Å². The van der Waals surface area contributed by atoms with Crippen molar-refractivity contribution in [3.63, 3.8) is 0 Å². The molecule has 0 aromatic carbocycles. The van der Waals surface area contributed by atoms with Gasteiger partial charge in [-0.25, -0.2) is 0 Å². The molecule has 0 unspecified atom stereocenters. The summed E-state index contributed by atoms with van der Waals surface area (Å²) < 4.78 is 11.5. The van der Waals surface area contributed by atoms with Crippen molar-refractivity contribution in [1.82, 2.24) is 0 Å². The third-order valence-corrected chi connectivity index (χ3v) is 4.42. The Kier molecular flexibility index (Phi) is 4.00. The molecular formula is C15H26O3. The molecule has 2 atom stereocenters. The molecule has 3 nitrogen and oxygen atoms in total. The van der Waals surface area contributed by atoms with Gasteiger partial charge >= 0.3 is 5.97 Å². The van der Waals surface area contributed by atoms with E-state index >= 15 is 0 Å². The summed E-state index contributed by atoms with van der Waals surface area (Å²) in [4.78, 5) is 11.8. The quantitative estimate of drug-likeness (QED) is 0.707. The molecule has 0 saturated heterocycles. The Morgan fingerprint density at radius 2 is 1.94 bits per heavy atom. The fraction of sp³-hybridized carbons (Fsp3) is 0.933. The van der Waals surface area contributed by atoms with E-state index in [1.54, 1.807) is 0 Å². The molecule has 0 spiro atoms. The molecule has 0 amide bonds. The summed E-state index contributed by atoms with van der Waals surface area (Å²) in [5, 5.41) is 0. The van der Waals surface area contributed by atoms with Gasteiger partial charge in [-0.1, -0.05) is 34.1 Å². The van der Waals surface area contributed by atoms with Crippen LogP contribution in [0.25, 0.3) is 0 Å². The van der Waals surface area contributed by atoms with Gasteiger partial charge in [0.05, 0.1) is 12.0 Å². The standard InChI is InChI=1S/C15H26O3/c1-10(2)9-17-12-8-13(15(12,3)4)18-14(16)11-6-5-7-11/h10-13H,5-9H2,1-4H3/t12-,13-/m1/s1. The van der Waals surface area contributed by atoms with Crippen molar-refractivity contribution in [3.8, 4) is 0 Å². The van der Waals surface area contributed by atoms with Crippen molar-refractivity contribution in [2.24, 2.45) is 17.3 Å². The number of carbonyl (C=O) groups is 1. The first-order valence-corrected chi connectivity index (χ1v) is 7.23. The second-order valence-corrected chi connectivity index (χ2v) is 6.83. The van der Waals surface area contributed by atoms with E-state index in [2.05, 4.69) is 27.7 Å². The predicted octanol–water partition coefficient (Wildman–Crippen LogP) is 3.17. The zero-order chi connectivity index (χ0) is 13.3. The Morgan fingerprint density at radius 1 is 1.28 bits per heavy atom. The lowest BCUT2D eigenvalue weighted by atomic mass is 9.66. The topological polar surface area (TPSA) is 35.5 Å². The van der Waals surface area contributed by atoms with Crippen molar-refractivity contribution in [2.45, 2.75) is 65.6 Å². The Balaban J connectivity index is 1.77. The van der Waals surface area contributed by atoms with Crippen LogP contribution in [0, 0.1) is 17.3 Å². The van der Waals surface area contributed by atoms with E-state index in [1.165, 1.54) is 6.42 Å². The maximum absolute atomic E-state index is 11.8. The van der Waals surface area contributed by atoms with Crippen LogP contribution < -0.4 is 0 Å². The third-order valence-electron chi connectivity index (χ3n) is 4.42. The second kappa shape index (κ2) is 5.20. The number of rotatable bonds is 5. The summed E-state index contributed by atoms with van der Waals surface area (Å²) >= 11 is 0. The minimum atomic E-state index is -0.0334. The van der Waals surface area contributed by atoms with Gasteiger partial charge in [-0.15, -0.1) is 0 Å². The van der Waals surface area contributed by atoms with Crippen LogP contribution >= 0.6 is 0 Å². The van der Waals surface area contributed by atoms with Gasteiger partial charge in [0.2, 0.25) is 0 Å². The highest BCUT2D eigenvalue weighted by molar-refractivity contribution is 5.73. The lowest BCUT2D eigenvalue weighted by Crippen LogP contribution is -2.57. The Hall–Kier alpha value is -0.570. The normalized spacial score (nSPS) is 30.7. The van der Waals surface area contributed by atoms with Gasteiger partial charge in [0.25, 0.3) is 0 Å². The first-order chi connectivity index (χ1) is 8.41. The summed E-state index contributed by atoms with van der Waals surface area (Å²) in [6, 6.07) is 0. The van der Waals surface area contributed by atoms with Crippen LogP contribution in [-0.4, -0.2) is 24.8 Å². The molecule has 0 radical (unpaired) electrons. The largest absolute Gasteiger partial charge is 0.461 e. The summed E-state index contributed by atoms with van der Waals surface area (Å²) in [6.45, 7) is 9.37. The predicted molar refractivity (Wildman–Crippen MR) is 70.2 cm³/mol. The zero-order valence-corrected chi connectivity index (χ0v) is 12.1. The van der Waals surface area contributed by atoms with Crippen LogP contribution in [0.1, 0.15) is 53.4 Å². The SMILES string of the molecule is CC(C)CO[C@@H]1C[C@@H](OC(=O)C2CCC2)C1(C)C. The van der Waals surface area contributed by atoms with Crippen molar-refractivity contribution in [1.29, 1.82) is 0 Å². The molecule has 104 valence electrons. The van der Waals surface area contributed by atoms with Crippen molar-refractivity contribution >= 4 is 5.97 Å². The summed E-state index contributed by atoms with van der Waals surface area (Å²) in [5.74, 6) is 0.746. The average molecular weight is 254 g/mol. The lowest BCUT2D eigenvalue weighted by Gasteiger charge is -2.51. The van der Waals surface area contributed by atoms with Gasteiger partial charge in [-0.05, 0) is 18.8 Å². The molecule has 2 aliphatic carbocycles. The molecule has 2 fully saturated rings. The minimum Gasteiger partial charge on any atom is -0.461 e. The molecule has 0 aromatic rings. The van der Waals surface area contributed by atoms with Crippen LogP contribution in [0.15, 0.2) is 0 Å². The van der Waals surface area contributed by atoms with Gasteiger partial charge in [0, 0.05) is 18.4 Å². The number of hydrogen-bond donors (Lipinski definition) is 0. The van der Waals surface area contributed by atoms with E-state index in [1.807, 2.05) is 0 Å². The highest BCUT2D eigenvalue weighted by atomic mass is 16.6. The smallest absolute Gasteiger partial charge is 0.309 e. The Labute approximate surface area is 110 Å². The van der Waals surface area contributed by atoms with Gasteiger partial charge in [-0.3, -0.25) is 4.79 Å². The molecule has 0 N–H and O–H groups in total. The summed E-state index contributed by atoms with van der Waals surface area (Å²) in [7, 11) is 0. The zero-order valence-electron chi connectivity index (χ0n) is 12.1. The Morgan fingerprint density at radius 3 is 2.39 bits per heavy atom. The minimum absolute atomic E-state index is 0.0154. The van der Waals surface area contributed by atoms with E-state index in [0.717, 1.165) is 25.9 Å². The van der Waals surface area contributed by atoms with Gasteiger partial charge in [0.15, 0.2) is 0 Å². The van der Waals surface area contributed by atoms with Gasteiger partial charge in [-0.2, -0.15) is 0 Å². The third kappa shape index (κ3) is 2.71. The number of hydrogen-bond acceptors (Lipinski definition) is 3. The first kappa shape index (κ1) is 13.9. The number of ether oxygens (including phenoxy) is 2. The highest BCUT2D eigenvalue weighted by Gasteiger charge is 2.52. The van der Waals surface area contributed by atoms with E-state index in [9.17, 15) is 4.79 Å². The van der Waals surface area contributed by atoms with Gasteiger partial charge in [0.1, 0.15) is 6.10 Å². The average Bonchev–Trinajstić information content (AvgIpc) is 2.19. The summed E-state index contributed by atoms with van der Waals surface area (Å²) in [6.07, 6.45) is 4.34. The van der Waals surface area contributed by atoms with Gasteiger partial charge < -0.3 is 9.47 Å². The number of carbonyl (C=O) groups excluding carboxylic acids is 1. The van der Waals surface area contributed by atoms with E-state index < -0.39 is 0 Å². The van der Waals surface area contributed by atoms with Crippen molar-refractivity contribution < 1.29 is 14.3 Å². The van der Waals surface area contributed by atoms with E-state index in [4.69, 9.17) is 9.47 Å². The monoisotopic (exact) mass is 254 g/mol. The first-order valence-electron chi connectivity index (χ1n) is 7.23. The molecule has 0 heterocycles. The van der Waals surface area contributed by atoms with Crippen molar-refractivity contribution in [3.05, 3.63) is 0 Å². The van der Waals surface area contributed by atoms with Crippen LogP contribution in [-0.2, 0) is 14.3 Å². The molecular weight excluding hydrogens is 228 g/mol. The van der Waals surface area contributed by atoms with Crippen LogP contribution in [0.4, 0.5) is 0 Å². The maximum atomic E-state index is 11.8. The molecule has 0 aromatic heterocycles. The molecule has 18 heavy (non-hydrogen) atoms. The lowest BCUT2D eigenvalue weighted by molar-refractivity contribution is -0.209. The van der Waals surface area contributed by atoms with Crippen LogP contribution in [0.3, 0.4) is 0 Å². The summed E-state index contributed by atoms with van der Waals surface area (Å²) in [5.41, 5.74) is -0.0334. The number of esters is 1. The Bertz CT molecular complexity index is 305. The fourth-order valence-corrected chi connectivity index (χ4v) is 2.52. The van der Waals surface area contributed by atoms with Crippen LogP contribution in [0.2, 0.25) is 0 Å². The maximum Gasteiger partial charge on any atom is 0.309 e. The van der Waals surface area contributed by atoms with Crippen LogP contribution in [0.5, 0.6) is 0 Å². The fourth-order valence-electron chi connectivity index (χ4n) is 2.52. The molecule has 0 aliphatic heterocycles. The molecule has 0 bridgehead atoms. The molecule has 2 aliphatic rings. The molecule has 3 heteroatoms.